The molecule has 0 bridgehead atoms. The molecular weight excluding hydrogens is 338 g/mol. The molecule has 0 unspecified atom stereocenters. The molecule has 2 amide bonds. The summed E-state index contributed by atoms with van der Waals surface area (Å²) in [5.41, 5.74) is 5.85. The average Bonchev–Trinajstić information content (AvgIpc) is 3.18. The second-order valence-electron chi connectivity index (χ2n) is 6.48. The number of urea groups is 1. The smallest absolute Gasteiger partial charge is 0.305 e. The van der Waals surface area contributed by atoms with E-state index in [1.165, 1.54) is 28.3 Å². The summed E-state index contributed by atoms with van der Waals surface area (Å²) in [6, 6.07) is 3.13. The van der Waals surface area contributed by atoms with E-state index in [9.17, 15) is 9.00 Å². The summed E-state index contributed by atoms with van der Waals surface area (Å²) in [7, 11) is -3.36. The monoisotopic (exact) mass is 359 g/mol. The van der Waals surface area contributed by atoms with Gasteiger partial charge in [-0.2, -0.15) is 5.10 Å². The number of rotatable bonds is 3. The molecular formula is C17H21N5O2S. The molecule has 0 fully saturated rings. The third-order valence-corrected chi connectivity index (χ3v) is 6.19. The standard InChI is InChI=1S/C17H21N5O2S/c1-2-22-9-8-15(20-22)25(18,24)21-17(23)19-16-13-5-3-4-11(13)10-12-6-7-14(12)16/h8-10H,2-7H2,1H3,(H3,18,19,21,23,24)/t25-/m0/s1. The van der Waals surface area contributed by atoms with Gasteiger partial charge >= 0.3 is 6.03 Å². The summed E-state index contributed by atoms with van der Waals surface area (Å²) in [6.45, 7) is 2.54. The van der Waals surface area contributed by atoms with Gasteiger partial charge in [-0.3, -0.25) is 4.68 Å². The SMILES string of the molecule is CCn1ccc([S@@](N)(=O)=NC(=O)Nc2c3c(cc4c2CC4)CCC3)n1. The first-order valence-corrected chi connectivity index (χ1v) is 10.1. The van der Waals surface area contributed by atoms with Gasteiger partial charge in [0.1, 0.15) is 0 Å². The van der Waals surface area contributed by atoms with Gasteiger partial charge < -0.3 is 5.32 Å². The van der Waals surface area contributed by atoms with Gasteiger partial charge in [-0.15, -0.1) is 4.36 Å². The number of amides is 2. The number of aryl methyl sites for hydroxylation is 3. The predicted molar refractivity (Wildman–Crippen MR) is 95.8 cm³/mol. The molecule has 2 aliphatic rings. The highest BCUT2D eigenvalue weighted by Crippen LogP contribution is 2.39. The molecule has 8 heteroatoms. The highest BCUT2D eigenvalue weighted by Gasteiger charge is 2.26. The lowest BCUT2D eigenvalue weighted by Gasteiger charge is -2.25. The molecule has 0 aliphatic heterocycles. The van der Waals surface area contributed by atoms with Crippen LogP contribution >= 0.6 is 0 Å². The second kappa shape index (κ2) is 5.96. The molecule has 7 nitrogen and oxygen atoms in total. The normalized spacial score (nSPS) is 17.2. The van der Waals surface area contributed by atoms with Crippen LogP contribution in [0.3, 0.4) is 0 Å². The van der Waals surface area contributed by atoms with Crippen LogP contribution < -0.4 is 10.5 Å². The van der Waals surface area contributed by atoms with E-state index in [1.54, 1.807) is 10.9 Å². The van der Waals surface area contributed by atoms with Crippen molar-refractivity contribution in [2.45, 2.75) is 50.6 Å². The first-order valence-electron chi connectivity index (χ1n) is 8.54. The van der Waals surface area contributed by atoms with E-state index in [-0.39, 0.29) is 5.03 Å². The van der Waals surface area contributed by atoms with Gasteiger partial charge in [-0.05, 0) is 67.3 Å². The van der Waals surface area contributed by atoms with Crippen LogP contribution in [0.1, 0.15) is 35.6 Å². The molecule has 0 saturated heterocycles. The Morgan fingerprint density at radius 2 is 2.08 bits per heavy atom. The zero-order chi connectivity index (χ0) is 17.6. The Morgan fingerprint density at radius 3 is 2.76 bits per heavy atom. The number of aromatic nitrogens is 2. The van der Waals surface area contributed by atoms with Crippen molar-refractivity contribution in [2.75, 3.05) is 5.32 Å². The number of hydrogen-bond acceptors (Lipinski definition) is 3. The molecule has 3 N–H and O–H groups in total. The van der Waals surface area contributed by atoms with Crippen LogP contribution in [0.15, 0.2) is 27.7 Å². The maximum atomic E-state index is 12.6. The molecule has 0 saturated carbocycles. The Bertz CT molecular complexity index is 985. The lowest BCUT2D eigenvalue weighted by atomic mass is 9.83. The van der Waals surface area contributed by atoms with Crippen molar-refractivity contribution < 1.29 is 9.00 Å². The first kappa shape index (κ1) is 16.3. The van der Waals surface area contributed by atoms with Crippen LogP contribution in [-0.2, 0) is 42.1 Å². The Labute approximate surface area is 146 Å². The van der Waals surface area contributed by atoms with Gasteiger partial charge in [0.2, 0.25) is 0 Å². The molecule has 2 aliphatic carbocycles. The topological polar surface area (TPSA) is 102 Å². The summed E-state index contributed by atoms with van der Waals surface area (Å²) in [5.74, 6) is 0. The molecule has 0 radical (unpaired) electrons. The highest BCUT2D eigenvalue weighted by atomic mass is 32.2. The Morgan fingerprint density at radius 1 is 1.32 bits per heavy atom. The van der Waals surface area contributed by atoms with Gasteiger partial charge in [0.15, 0.2) is 14.9 Å². The minimum atomic E-state index is -3.36. The summed E-state index contributed by atoms with van der Waals surface area (Å²) < 4.78 is 17.9. The van der Waals surface area contributed by atoms with Crippen molar-refractivity contribution in [3.05, 3.63) is 40.6 Å². The molecule has 2 aromatic rings. The van der Waals surface area contributed by atoms with Crippen molar-refractivity contribution in [2.24, 2.45) is 9.50 Å². The summed E-state index contributed by atoms with van der Waals surface area (Å²) in [6.07, 6.45) is 6.77. The lowest BCUT2D eigenvalue weighted by Crippen LogP contribution is -2.21. The largest absolute Gasteiger partial charge is 0.354 e. The summed E-state index contributed by atoms with van der Waals surface area (Å²) in [5, 5.41) is 12.9. The van der Waals surface area contributed by atoms with Crippen molar-refractivity contribution in [1.82, 2.24) is 9.78 Å². The second-order valence-corrected chi connectivity index (χ2v) is 8.22. The van der Waals surface area contributed by atoms with Gasteiger partial charge in [-0.1, -0.05) is 6.07 Å². The Balaban J connectivity index is 1.64. The number of hydrogen-bond donors (Lipinski definition) is 2. The molecule has 1 atom stereocenters. The number of carbonyl (C=O) groups excluding carboxylic acids is 1. The van der Waals surface area contributed by atoms with Crippen LogP contribution in [0.5, 0.6) is 0 Å². The summed E-state index contributed by atoms with van der Waals surface area (Å²) >= 11 is 0. The Kier molecular flexibility index (Phi) is 3.88. The van der Waals surface area contributed by atoms with Crippen molar-refractivity contribution >= 4 is 21.6 Å². The number of benzene rings is 1. The molecule has 1 aromatic carbocycles. The van der Waals surface area contributed by atoms with Crippen LogP contribution in [0.25, 0.3) is 0 Å². The maximum Gasteiger partial charge on any atom is 0.354 e. The molecule has 25 heavy (non-hydrogen) atoms. The van der Waals surface area contributed by atoms with E-state index in [4.69, 9.17) is 5.14 Å². The third kappa shape index (κ3) is 2.85. The average molecular weight is 359 g/mol. The van der Waals surface area contributed by atoms with E-state index < -0.39 is 15.9 Å². The number of nitrogens with two attached hydrogens (primary N) is 1. The van der Waals surface area contributed by atoms with Crippen molar-refractivity contribution in [3.63, 3.8) is 0 Å². The van der Waals surface area contributed by atoms with Crippen LogP contribution in [-0.4, -0.2) is 20.0 Å². The number of fused-ring (bicyclic) bond motifs is 2. The van der Waals surface area contributed by atoms with Crippen molar-refractivity contribution in [3.8, 4) is 0 Å². The predicted octanol–water partition coefficient (Wildman–Crippen LogP) is 2.42. The Hall–Kier alpha value is -2.19. The first-order chi connectivity index (χ1) is 12.0. The minimum absolute atomic E-state index is 0.121. The third-order valence-electron chi connectivity index (χ3n) is 4.93. The lowest BCUT2D eigenvalue weighted by molar-refractivity contribution is 0.260. The zero-order valence-electron chi connectivity index (χ0n) is 14.1. The number of nitrogens with zero attached hydrogens (tertiary/aromatic N) is 3. The van der Waals surface area contributed by atoms with E-state index in [2.05, 4.69) is 20.8 Å². The van der Waals surface area contributed by atoms with Gasteiger partial charge in [-0.25, -0.2) is 14.1 Å². The van der Waals surface area contributed by atoms with Crippen LogP contribution in [0, 0.1) is 0 Å². The fraction of sp³-hybridized carbons (Fsp3) is 0.412. The molecule has 4 rings (SSSR count). The molecule has 0 spiro atoms. The van der Waals surface area contributed by atoms with E-state index in [0.29, 0.717) is 6.54 Å². The number of nitrogens with one attached hydrogen (secondary N) is 1. The van der Waals surface area contributed by atoms with Gasteiger partial charge in [0, 0.05) is 18.4 Å². The van der Waals surface area contributed by atoms with Crippen LogP contribution in [0.4, 0.5) is 10.5 Å². The molecule has 1 heterocycles. The number of anilines is 1. The van der Waals surface area contributed by atoms with E-state index in [0.717, 1.165) is 37.8 Å². The molecule has 1 aromatic heterocycles. The van der Waals surface area contributed by atoms with Crippen molar-refractivity contribution in [1.29, 1.82) is 0 Å². The fourth-order valence-corrected chi connectivity index (χ4v) is 4.43. The van der Waals surface area contributed by atoms with Gasteiger partial charge in [0.05, 0.1) is 0 Å². The quantitative estimate of drug-likeness (QED) is 0.879. The maximum absolute atomic E-state index is 12.6. The van der Waals surface area contributed by atoms with Crippen LogP contribution in [0.2, 0.25) is 0 Å². The fourth-order valence-electron chi connectivity index (χ4n) is 3.57. The zero-order valence-corrected chi connectivity index (χ0v) is 14.9. The minimum Gasteiger partial charge on any atom is -0.305 e. The number of carbonyl (C=O) groups is 1. The van der Waals surface area contributed by atoms with Gasteiger partial charge in [0.25, 0.3) is 0 Å². The highest BCUT2D eigenvalue weighted by molar-refractivity contribution is 7.91. The molecule has 132 valence electrons. The van der Waals surface area contributed by atoms with E-state index >= 15 is 0 Å². The van der Waals surface area contributed by atoms with E-state index in [1.807, 2.05) is 6.92 Å². The summed E-state index contributed by atoms with van der Waals surface area (Å²) in [4.78, 5) is 12.4.